The monoisotopic (exact) mass is 809 g/mol. The fourth-order valence-electron chi connectivity index (χ4n) is 15.5. The standard InChI is InChI=1S/C45H54F3NO5S2/c1-39-11-8-33(50)24-42(39)14-15-44(34(25-42)38(51)31-5-3-6-32(20-31)45(46,47)48)35(39)9-12-40(2)36(44)10-13-43(40,52)27-49(56(53,54)37-7-4-16-55-37)26-41-21-28-17-29(22-41)19-30(18-28)23-41/h3-7,14-16,20,25,28-30,33,35-36,50,52H,8-13,17-19,21-24,26-27H2,1-2H3/t28?,29?,30?,33?,35-,36-,39-,40+,41?,42+,43-,44-/m1/s1. The van der Waals surface area contributed by atoms with Crippen molar-refractivity contribution in [2.75, 3.05) is 13.1 Å². The number of ketones is 1. The molecule has 12 rings (SSSR count). The molecule has 0 aliphatic heterocycles. The maximum absolute atomic E-state index is 14.9. The highest BCUT2D eigenvalue weighted by molar-refractivity contribution is 7.91. The summed E-state index contributed by atoms with van der Waals surface area (Å²) in [6.45, 7) is 4.74. The normalized spacial score (nSPS) is 44.8. The zero-order chi connectivity index (χ0) is 39.3. The topological polar surface area (TPSA) is 94.9 Å². The average Bonchev–Trinajstić information content (AvgIpc) is 3.77. The van der Waals surface area contributed by atoms with E-state index in [1.165, 1.54) is 42.7 Å². The van der Waals surface area contributed by atoms with Crippen LogP contribution in [0.1, 0.15) is 113 Å². The summed E-state index contributed by atoms with van der Waals surface area (Å²) < 4.78 is 73.4. The smallest absolute Gasteiger partial charge is 0.393 e. The van der Waals surface area contributed by atoms with E-state index in [4.69, 9.17) is 0 Å². The van der Waals surface area contributed by atoms with Crippen LogP contribution >= 0.6 is 11.3 Å². The van der Waals surface area contributed by atoms with E-state index in [1.807, 2.05) is 6.08 Å². The molecule has 6 bridgehead atoms. The van der Waals surface area contributed by atoms with Crippen LogP contribution in [-0.2, 0) is 16.2 Å². The quantitative estimate of drug-likeness (QED) is 0.205. The van der Waals surface area contributed by atoms with Crippen LogP contribution < -0.4 is 0 Å². The number of fused-ring (bicyclic) bond motifs is 1. The molecule has 6 nitrogen and oxygen atoms in total. The molecule has 302 valence electrons. The molecule has 1 aromatic carbocycles. The third-order valence-corrected chi connectivity index (χ3v) is 20.8. The molecule has 1 heterocycles. The molecular weight excluding hydrogens is 756 g/mol. The summed E-state index contributed by atoms with van der Waals surface area (Å²) in [4.78, 5) is 14.9. The number of hydrogen-bond acceptors (Lipinski definition) is 6. The van der Waals surface area contributed by atoms with Gasteiger partial charge in [-0.2, -0.15) is 17.5 Å². The second-order valence-corrected chi connectivity index (χ2v) is 23.5. The Morgan fingerprint density at radius 2 is 1.54 bits per heavy atom. The van der Waals surface area contributed by atoms with Gasteiger partial charge in [0.2, 0.25) is 0 Å². The number of aliphatic hydroxyl groups is 2. The van der Waals surface area contributed by atoms with Gasteiger partial charge < -0.3 is 10.2 Å². The summed E-state index contributed by atoms with van der Waals surface area (Å²) in [7, 11) is -3.94. The van der Waals surface area contributed by atoms with Gasteiger partial charge in [-0.05, 0) is 147 Å². The number of benzene rings is 1. The predicted molar refractivity (Wildman–Crippen MR) is 208 cm³/mol. The number of thiophene rings is 1. The first-order chi connectivity index (χ1) is 26.4. The molecule has 0 radical (unpaired) electrons. The molecule has 10 aliphatic carbocycles. The SMILES string of the molecule is C[C@]12CC[C@H]3[C@]4(C=C[C@@]5(C=C4C(=O)c4cccc(C(F)(F)F)c4)CC(O)CC[C@]35C)[C@@H]1CC[C@@]2(O)CN(CC12CC3CC(CC(C3)C1)C2)S(=O)(=O)c1cccs1. The molecule has 11 heteroatoms. The molecule has 10 aliphatic rings. The number of nitrogens with zero attached hydrogens (tertiary/aromatic N) is 1. The third kappa shape index (κ3) is 5.14. The lowest BCUT2D eigenvalue weighted by Gasteiger charge is -2.71. The number of rotatable bonds is 8. The highest BCUT2D eigenvalue weighted by atomic mass is 32.2. The lowest BCUT2D eigenvalue weighted by atomic mass is 9.32. The Morgan fingerprint density at radius 1 is 0.875 bits per heavy atom. The van der Waals surface area contributed by atoms with Gasteiger partial charge >= 0.3 is 6.18 Å². The molecular formula is C45H54F3NO5S2. The van der Waals surface area contributed by atoms with E-state index in [2.05, 4.69) is 26.0 Å². The minimum Gasteiger partial charge on any atom is -0.393 e. The Hall–Kier alpha value is -2.31. The molecule has 1 unspecified atom stereocenters. The second kappa shape index (κ2) is 12.1. The van der Waals surface area contributed by atoms with E-state index < -0.39 is 55.5 Å². The van der Waals surface area contributed by atoms with Crippen molar-refractivity contribution >= 4 is 27.1 Å². The molecule has 7 saturated carbocycles. The van der Waals surface area contributed by atoms with E-state index in [0.717, 1.165) is 37.8 Å². The van der Waals surface area contributed by atoms with Gasteiger partial charge in [0.25, 0.3) is 10.0 Å². The summed E-state index contributed by atoms with van der Waals surface area (Å²) in [5.74, 6) is 1.17. The summed E-state index contributed by atoms with van der Waals surface area (Å²) in [6.07, 6.45) is 12.0. The number of halogens is 3. The van der Waals surface area contributed by atoms with Crippen LogP contribution in [0.3, 0.4) is 0 Å². The van der Waals surface area contributed by atoms with E-state index in [1.54, 1.807) is 21.8 Å². The molecule has 1 aromatic heterocycles. The highest BCUT2D eigenvalue weighted by Gasteiger charge is 2.75. The summed E-state index contributed by atoms with van der Waals surface area (Å²) in [5.41, 5.74) is -4.53. The number of alkyl halides is 3. The summed E-state index contributed by atoms with van der Waals surface area (Å²) in [6, 6.07) is 8.13. The van der Waals surface area contributed by atoms with Crippen molar-refractivity contribution < 1.29 is 36.6 Å². The van der Waals surface area contributed by atoms with E-state index in [9.17, 15) is 36.6 Å². The molecule has 2 N–H and O–H groups in total. The van der Waals surface area contributed by atoms with Crippen LogP contribution in [0.4, 0.5) is 13.2 Å². The number of hydrogen-bond donors (Lipinski definition) is 2. The Labute approximate surface area is 332 Å². The van der Waals surface area contributed by atoms with E-state index in [-0.39, 0.29) is 39.0 Å². The Bertz CT molecular complexity index is 2100. The minimum absolute atomic E-state index is 0.0149. The number of sulfonamides is 1. The van der Waals surface area contributed by atoms with Crippen molar-refractivity contribution in [1.29, 1.82) is 0 Å². The van der Waals surface area contributed by atoms with Crippen molar-refractivity contribution in [2.24, 2.45) is 56.7 Å². The summed E-state index contributed by atoms with van der Waals surface area (Å²) >= 11 is 1.21. The first kappa shape index (κ1) is 37.9. The van der Waals surface area contributed by atoms with Gasteiger partial charge in [-0.3, -0.25) is 4.79 Å². The highest BCUT2D eigenvalue weighted by Crippen LogP contribution is 2.78. The van der Waals surface area contributed by atoms with E-state index >= 15 is 0 Å². The molecule has 0 amide bonds. The zero-order valence-electron chi connectivity index (χ0n) is 32.4. The number of carbonyl (C=O) groups excluding carboxylic acids is 1. The van der Waals surface area contributed by atoms with Crippen molar-refractivity contribution in [1.82, 2.24) is 4.31 Å². The van der Waals surface area contributed by atoms with Gasteiger partial charge in [-0.1, -0.05) is 50.3 Å². The van der Waals surface area contributed by atoms with Crippen molar-refractivity contribution in [3.8, 4) is 0 Å². The lowest BCUT2D eigenvalue weighted by molar-refractivity contribution is -0.175. The number of carbonyl (C=O) groups is 1. The predicted octanol–water partition coefficient (Wildman–Crippen LogP) is 9.45. The van der Waals surface area contributed by atoms with Gasteiger partial charge in [-0.25, -0.2) is 8.42 Å². The molecule has 7 fully saturated rings. The Kier molecular flexibility index (Phi) is 8.22. The van der Waals surface area contributed by atoms with Crippen molar-refractivity contribution in [3.05, 3.63) is 76.7 Å². The second-order valence-electron chi connectivity index (χ2n) is 20.3. The lowest BCUT2D eigenvalue weighted by Crippen LogP contribution is -2.67. The van der Waals surface area contributed by atoms with Gasteiger partial charge in [-0.15, -0.1) is 11.3 Å². The van der Waals surface area contributed by atoms with Crippen LogP contribution in [0.5, 0.6) is 0 Å². The average molecular weight is 810 g/mol. The Balaban J connectivity index is 1.06. The molecule has 2 aromatic rings. The first-order valence-electron chi connectivity index (χ1n) is 21.0. The molecule has 8 atom stereocenters. The largest absolute Gasteiger partial charge is 0.416 e. The maximum atomic E-state index is 14.9. The fourth-order valence-corrected chi connectivity index (χ4v) is 18.3. The third-order valence-electron chi connectivity index (χ3n) is 17.6. The summed E-state index contributed by atoms with van der Waals surface area (Å²) in [5, 5.41) is 26.1. The fraction of sp³-hybridized carbons (Fsp3) is 0.667. The van der Waals surface area contributed by atoms with Crippen LogP contribution in [0.2, 0.25) is 0 Å². The maximum Gasteiger partial charge on any atom is 0.416 e. The Morgan fingerprint density at radius 3 is 2.20 bits per heavy atom. The zero-order valence-corrected chi connectivity index (χ0v) is 34.0. The van der Waals surface area contributed by atoms with Gasteiger partial charge in [0.1, 0.15) is 4.21 Å². The number of Topliss-reactive ketones (excluding diaryl/α,β-unsaturated/α-hetero) is 1. The first-order valence-corrected chi connectivity index (χ1v) is 23.3. The van der Waals surface area contributed by atoms with Crippen molar-refractivity contribution in [2.45, 2.75) is 119 Å². The van der Waals surface area contributed by atoms with Gasteiger partial charge in [0, 0.05) is 40.5 Å². The van der Waals surface area contributed by atoms with Crippen LogP contribution in [0.25, 0.3) is 0 Å². The van der Waals surface area contributed by atoms with Crippen LogP contribution in [0, 0.1) is 56.7 Å². The molecule has 56 heavy (non-hydrogen) atoms. The van der Waals surface area contributed by atoms with Crippen LogP contribution in [-0.4, -0.2) is 53.5 Å². The van der Waals surface area contributed by atoms with Crippen molar-refractivity contribution in [3.63, 3.8) is 0 Å². The number of allylic oxidation sites excluding steroid dienone is 4. The van der Waals surface area contributed by atoms with Gasteiger partial charge in [0.15, 0.2) is 5.78 Å². The van der Waals surface area contributed by atoms with Crippen LogP contribution in [0.15, 0.2) is 69.8 Å². The molecule has 2 spiro atoms. The van der Waals surface area contributed by atoms with Gasteiger partial charge in [0.05, 0.1) is 17.3 Å². The number of aliphatic hydroxyl groups excluding tert-OH is 1. The molecule has 0 saturated heterocycles. The van der Waals surface area contributed by atoms with E-state index in [0.29, 0.717) is 68.4 Å². The minimum atomic E-state index is -4.61.